The summed E-state index contributed by atoms with van der Waals surface area (Å²) in [6.45, 7) is 3.26. The maximum Gasteiger partial charge on any atom is 0.243 e. The molecule has 6 heteroatoms. The van der Waals surface area contributed by atoms with Crippen molar-refractivity contribution in [3.8, 4) is 11.5 Å². The van der Waals surface area contributed by atoms with Gasteiger partial charge >= 0.3 is 0 Å². The van der Waals surface area contributed by atoms with Gasteiger partial charge in [-0.05, 0) is 52.7 Å². The van der Waals surface area contributed by atoms with Crippen molar-refractivity contribution in [2.75, 3.05) is 30.4 Å². The molecule has 0 aromatic heterocycles. The van der Waals surface area contributed by atoms with E-state index in [1.807, 2.05) is 25.1 Å². The molecule has 0 aliphatic carbocycles. The van der Waals surface area contributed by atoms with E-state index in [0.29, 0.717) is 30.4 Å². The number of carbonyl (C=O) groups excluding carboxylic acids is 1. The maximum atomic E-state index is 12.1. The summed E-state index contributed by atoms with van der Waals surface area (Å²) in [6.07, 6.45) is 0. The van der Waals surface area contributed by atoms with Crippen LogP contribution in [0.5, 0.6) is 11.5 Å². The summed E-state index contributed by atoms with van der Waals surface area (Å²) in [5.41, 5.74) is 2.72. The molecule has 1 aliphatic rings. The molecular weight excluding hydrogens is 360 g/mol. The quantitative estimate of drug-likeness (QED) is 0.855. The molecule has 0 saturated heterocycles. The van der Waals surface area contributed by atoms with E-state index in [-0.39, 0.29) is 12.5 Å². The Balaban J connectivity index is 1.59. The lowest BCUT2D eigenvalue weighted by molar-refractivity contribution is -0.114. The fourth-order valence-corrected chi connectivity index (χ4v) is 2.90. The van der Waals surface area contributed by atoms with E-state index in [1.165, 1.54) is 0 Å². The third-order valence-corrected chi connectivity index (χ3v) is 4.05. The van der Waals surface area contributed by atoms with Gasteiger partial charge in [0.15, 0.2) is 11.5 Å². The third kappa shape index (κ3) is 3.96. The molecule has 2 aromatic rings. The minimum atomic E-state index is -0.130. The Morgan fingerprint density at radius 3 is 2.70 bits per heavy atom. The normalized spacial score (nSPS) is 12.6. The van der Waals surface area contributed by atoms with Gasteiger partial charge in [0.25, 0.3) is 0 Å². The number of anilines is 2. The summed E-state index contributed by atoms with van der Waals surface area (Å²) in [5, 5.41) is 5.95. The first kappa shape index (κ1) is 15.7. The summed E-state index contributed by atoms with van der Waals surface area (Å²) >= 11 is 3.48. The van der Waals surface area contributed by atoms with Gasteiger partial charge in [-0.1, -0.05) is 6.07 Å². The van der Waals surface area contributed by atoms with Crippen LogP contribution in [0.1, 0.15) is 5.56 Å². The topological polar surface area (TPSA) is 59.6 Å². The highest BCUT2D eigenvalue weighted by Crippen LogP contribution is 2.32. The zero-order chi connectivity index (χ0) is 16.2. The number of benzene rings is 2. The largest absolute Gasteiger partial charge is 0.486 e. The second-order valence-electron chi connectivity index (χ2n) is 5.24. The molecule has 120 valence electrons. The average Bonchev–Trinajstić information content (AvgIpc) is 2.54. The lowest BCUT2D eigenvalue weighted by atomic mass is 10.2. The molecule has 2 aromatic carbocycles. The molecule has 5 nitrogen and oxygen atoms in total. The van der Waals surface area contributed by atoms with Crippen LogP contribution >= 0.6 is 15.9 Å². The minimum absolute atomic E-state index is 0.130. The Morgan fingerprint density at radius 2 is 1.91 bits per heavy atom. The number of hydrogen-bond donors (Lipinski definition) is 2. The van der Waals surface area contributed by atoms with Crippen molar-refractivity contribution in [3.63, 3.8) is 0 Å². The molecule has 0 atom stereocenters. The molecule has 1 heterocycles. The highest BCUT2D eigenvalue weighted by atomic mass is 79.9. The van der Waals surface area contributed by atoms with Crippen molar-refractivity contribution in [3.05, 3.63) is 46.4 Å². The summed E-state index contributed by atoms with van der Waals surface area (Å²) in [4.78, 5) is 12.1. The Labute approximate surface area is 143 Å². The smallest absolute Gasteiger partial charge is 0.243 e. The Hall–Kier alpha value is -2.21. The Bertz CT molecular complexity index is 734. The minimum Gasteiger partial charge on any atom is -0.486 e. The van der Waals surface area contributed by atoms with E-state index in [0.717, 1.165) is 15.7 Å². The number of rotatable bonds is 4. The van der Waals surface area contributed by atoms with E-state index < -0.39 is 0 Å². The lowest BCUT2D eigenvalue weighted by Crippen LogP contribution is -2.22. The predicted molar refractivity (Wildman–Crippen MR) is 93.4 cm³/mol. The number of halogens is 1. The molecule has 0 spiro atoms. The van der Waals surface area contributed by atoms with Gasteiger partial charge in [-0.2, -0.15) is 0 Å². The van der Waals surface area contributed by atoms with E-state index in [9.17, 15) is 4.79 Å². The highest BCUT2D eigenvalue weighted by molar-refractivity contribution is 9.10. The van der Waals surface area contributed by atoms with Crippen LogP contribution in [0, 0.1) is 6.92 Å². The number of nitrogens with one attached hydrogen (secondary N) is 2. The maximum absolute atomic E-state index is 12.1. The van der Waals surface area contributed by atoms with Crippen molar-refractivity contribution >= 4 is 33.2 Å². The van der Waals surface area contributed by atoms with Gasteiger partial charge in [-0.15, -0.1) is 0 Å². The number of fused-ring (bicyclic) bond motifs is 1. The van der Waals surface area contributed by atoms with E-state index >= 15 is 0 Å². The first-order valence-corrected chi connectivity index (χ1v) is 8.10. The summed E-state index contributed by atoms with van der Waals surface area (Å²) < 4.78 is 11.9. The van der Waals surface area contributed by atoms with Crippen LogP contribution in [0.25, 0.3) is 0 Å². The van der Waals surface area contributed by atoms with Crippen molar-refractivity contribution < 1.29 is 14.3 Å². The first-order valence-electron chi connectivity index (χ1n) is 7.31. The molecule has 0 saturated carbocycles. The summed E-state index contributed by atoms with van der Waals surface area (Å²) in [7, 11) is 0. The van der Waals surface area contributed by atoms with Crippen LogP contribution in [0.2, 0.25) is 0 Å². The van der Waals surface area contributed by atoms with Crippen molar-refractivity contribution in [2.24, 2.45) is 0 Å². The van der Waals surface area contributed by atoms with Crippen LogP contribution in [0.4, 0.5) is 11.4 Å². The van der Waals surface area contributed by atoms with Crippen molar-refractivity contribution in [1.82, 2.24) is 0 Å². The van der Waals surface area contributed by atoms with Crippen LogP contribution in [0.15, 0.2) is 40.9 Å². The zero-order valence-corrected chi connectivity index (χ0v) is 14.3. The average molecular weight is 377 g/mol. The van der Waals surface area contributed by atoms with Gasteiger partial charge in [0.1, 0.15) is 13.2 Å². The number of aryl methyl sites for hydroxylation is 1. The molecule has 1 amide bonds. The second-order valence-corrected chi connectivity index (χ2v) is 6.10. The van der Waals surface area contributed by atoms with Crippen LogP contribution in [-0.4, -0.2) is 25.7 Å². The SMILES string of the molecule is Cc1ccc(NCC(=O)Nc2ccc3c(c2)OCCO3)c(Br)c1. The van der Waals surface area contributed by atoms with Crippen LogP contribution in [-0.2, 0) is 4.79 Å². The van der Waals surface area contributed by atoms with Gasteiger partial charge in [-0.25, -0.2) is 0 Å². The number of amides is 1. The fourth-order valence-electron chi connectivity index (χ4n) is 2.27. The molecule has 0 fully saturated rings. The molecule has 0 unspecified atom stereocenters. The van der Waals surface area contributed by atoms with Crippen LogP contribution in [0.3, 0.4) is 0 Å². The summed E-state index contributed by atoms with van der Waals surface area (Å²) in [5.74, 6) is 1.23. The molecule has 2 N–H and O–H groups in total. The Kier molecular flexibility index (Phi) is 4.71. The molecule has 3 rings (SSSR count). The first-order chi connectivity index (χ1) is 11.1. The molecule has 1 aliphatic heterocycles. The molecular formula is C17H17BrN2O3. The number of carbonyl (C=O) groups is 1. The van der Waals surface area contributed by atoms with Gasteiger partial charge < -0.3 is 20.1 Å². The van der Waals surface area contributed by atoms with E-state index in [4.69, 9.17) is 9.47 Å². The Morgan fingerprint density at radius 1 is 1.13 bits per heavy atom. The second kappa shape index (κ2) is 6.91. The van der Waals surface area contributed by atoms with E-state index in [1.54, 1.807) is 18.2 Å². The van der Waals surface area contributed by atoms with Gasteiger partial charge in [0.05, 0.1) is 6.54 Å². The van der Waals surface area contributed by atoms with E-state index in [2.05, 4.69) is 26.6 Å². The van der Waals surface area contributed by atoms with Gasteiger partial charge in [-0.3, -0.25) is 4.79 Å². The molecule has 23 heavy (non-hydrogen) atoms. The highest BCUT2D eigenvalue weighted by Gasteiger charge is 2.12. The van der Waals surface area contributed by atoms with Crippen molar-refractivity contribution in [2.45, 2.75) is 6.92 Å². The number of hydrogen-bond acceptors (Lipinski definition) is 4. The van der Waals surface area contributed by atoms with Crippen LogP contribution < -0.4 is 20.1 Å². The monoisotopic (exact) mass is 376 g/mol. The van der Waals surface area contributed by atoms with Gasteiger partial charge in [0, 0.05) is 21.9 Å². The summed E-state index contributed by atoms with van der Waals surface area (Å²) in [6, 6.07) is 11.3. The third-order valence-electron chi connectivity index (χ3n) is 3.39. The zero-order valence-electron chi connectivity index (χ0n) is 12.7. The molecule has 0 radical (unpaired) electrons. The molecule has 0 bridgehead atoms. The van der Waals surface area contributed by atoms with Crippen molar-refractivity contribution in [1.29, 1.82) is 0 Å². The number of ether oxygens (including phenoxy) is 2. The lowest BCUT2D eigenvalue weighted by Gasteiger charge is -2.19. The predicted octanol–water partition coefficient (Wildman–Crippen LogP) is 3.58. The fraction of sp³-hybridized carbons (Fsp3) is 0.235. The standard InChI is InChI=1S/C17H17BrN2O3/c1-11-2-4-14(13(18)8-11)19-10-17(21)20-12-3-5-15-16(9-12)23-7-6-22-15/h2-5,8-9,19H,6-7,10H2,1H3,(H,20,21). The van der Waals surface area contributed by atoms with Gasteiger partial charge in [0.2, 0.25) is 5.91 Å².